The van der Waals surface area contributed by atoms with E-state index < -0.39 is 36.8 Å². The van der Waals surface area contributed by atoms with Crippen molar-refractivity contribution in [2.24, 2.45) is 5.92 Å². The number of nitrogens with one attached hydrogen (secondary N) is 1. The summed E-state index contributed by atoms with van der Waals surface area (Å²) < 4.78 is 36.9. The van der Waals surface area contributed by atoms with Gasteiger partial charge in [0, 0.05) is 5.54 Å². The molecule has 1 aliphatic rings. The molecule has 1 saturated carbocycles. The summed E-state index contributed by atoms with van der Waals surface area (Å²) in [5.74, 6) is -1.25. The minimum absolute atomic E-state index is 0.231. The number of hydrogen-bond donors (Lipinski definition) is 2. The standard InChI is InChI=1S/C11H17F3N2O3/c1-10(2,7-3-4-7)15-9(19)16(5-8(17)18)6-11(12,13)14/h7H,3-6H2,1-2H3,(H,15,19)(H,17,18). The maximum Gasteiger partial charge on any atom is 0.406 e. The molecule has 2 amide bonds. The van der Waals surface area contributed by atoms with Crippen molar-refractivity contribution in [2.45, 2.75) is 38.4 Å². The predicted octanol–water partition coefficient (Wildman–Crippen LogP) is 1.83. The Kier molecular flexibility index (Phi) is 4.32. The Labute approximate surface area is 108 Å². The van der Waals surface area contributed by atoms with Crippen LogP contribution >= 0.6 is 0 Å². The van der Waals surface area contributed by atoms with Crippen LogP contribution in [0.2, 0.25) is 0 Å². The van der Waals surface area contributed by atoms with Gasteiger partial charge in [-0.15, -0.1) is 0 Å². The Morgan fingerprint density at radius 3 is 2.21 bits per heavy atom. The van der Waals surface area contributed by atoms with Gasteiger partial charge in [-0.2, -0.15) is 13.2 Å². The van der Waals surface area contributed by atoms with Gasteiger partial charge < -0.3 is 15.3 Å². The zero-order valence-electron chi connectivity index (χ0n) is 10.8. The second-order valence-corrected chi connectivity index (χ2v) is 5.29. The summed E-state index contributed by atoms with van der Waals surface area (Å²) in [5, 5.41) is 11.0. The van der Waals surface area contributed by atoms with Crippen LogP contribution in [0.3, 0.4) is 0 Å². The number of rotatable bonds is 5. The van der Waals surface area contributed by atoms with Crippen LogP contribution in [0.25, 0.3) is 0 Å². The molecule has 0 aromatic heterocycles. The van der Waals surface area contributed by atoms with Gasteiger partial charge in [0.05, 0.1) is 0 Å². The van der Waals surface area contributed by atoms with Gasteiger partial charge in [0.25, 0.3) is 0 Å². The molecule has 0 radical (unpaired) electrons. The number of urea groups is 1. The summed E-state index contributed by atoms with van der Waals surface area (Å²) in [6.07, 6.45) is -2.81. The maximum atomic E-state index is 12.3. The number of carbonyl (C=O) groups is 2. The second kappa shape index (κ2) is 5.26. The van der Waals surface area contributed by atoms with Crippen molar-refractivity contribution >= 4 is 12.0 Å². The average molecular weight is 282 g/mol. The van der Waals surface area contributed by atoms with Gasteiger partial charge in [0.2, 0.25) is 0 Å². The van der Waals surface area contributed by atoms with Gasteiger partial charge in [0.15, 0.2) is 0 Å². The highest BCUT2D eigenvalue weighted by atomic mass is 19.4. The summed E-state index contributed by atoms with van der Waals surface area (Å²) >= 11 is 0. The normalized spacial score (nSPS) is 16.1. The van der Waals surface area contributed by atoms with E-state index in [0.717, 1.165) is 12.8 Å². The minimum Gasteiger partial charge on any atom is -0.480 e. The summed E-state index contributed by atoms with van der Waals surface area (Å²) in [7, 11) is 0. The fourth-order valence-corrected chi connectivity index (χ4v) is 1.84. The van der Waals surface area contributed by atoms with E-state index in [9.17, 15) is 22.8 Å². The average Bonchev–Trinajstić information content (AvgIpc) is 2.95. The van der Waals surface area contributed by atoms with Crippen LogP contribution in [0.15, 0.2) is 0 Å². The molecule has 0 atom stereocenters. The van der Waals surface area contributed by atoms with Crippen LogP contribution in [0.1, 0.15) is 26.7 Å². The molecule has 0 aliphatic heterocycles. The third kappa shape index (κ3) is 5.35. The van der Waals surface area contributed by atoms with E-state index in [4.69, 9.17) is 5.11 Å². The zero-order valence-corrected chi connectivity index (χ0v) is 10.8. The van der Waals surface area contributed by atoms with Gasteiger partial charge >= 0.3 is 18.2 Å². The smallest absolute Gasteiger partial charge is 0.406 e. The summed E-state index contributed by atoms with van der Waals surface area (Å²) in [6, 6.07) is -1.00. The molecule has 1 fully saturated rings. The van der Waals surface area contributed by atoms with Gasteiger partial charge in [-0.1, -0.05) is 0 Å². The Bertz CT molecular complexity index is 365. The molecule has 0 aromatic carbocycles. The first-order chi connectivity index (χ1) is 8.51. The van der Waals surface area contributed by atoms with Gasteiger partial charge in [0.1, 0.15) is 13.1 Å². The van der Waals surface area contributed by atoms with Crippen LogP contribution in [0.5, 0.6) is 0 Å². The minimum atomic E-state index is -4.63. The quantitative estimate of drug-likeness (QED) is 0.808. The summed E-state index contributed by atoms with van der Waals surface area (Å²) in [6.45, 7) is 0.877. The molecule has 0 heterocycles. The van der Waals surface area contributed by atoms with E-state index in [-0.39, 0.29) is 10.8 Å². The van der Waals surface area contributed by atoms with E-state index in [1.54, 1.807) is 13.8 Å². The molecule has 1 aliphatic carbocycles. The molecule has 19 heavy (non-hydrogen) atoms. The van der Waals surface area contributed by atoms with Crippen molar-refractivity contribution in [3.8, 4) is 0 Å². The lowest BCUT2D eigenvalue weighted by atomic mass is 9.99. The van der Waals surface area contributed by atoms with Crippen molar-refractivity contribution < 1.29 is 27.9 Å². The number of carboxylic acid groups (broad SMARTS) is 1. The van der Waals surface area contributed by atoms with Gasteiger partial charge in [-0.25, -0.2) is 4.79 Å². The Hall–Kier alpha value is -1.47. The van der Waals surface area contributed by atoms with Crippen molar-refractivity contribution in [1.82, 2.24) is 10.2 Å². The summed E-state index contributed by atoms with van der Waals surface area (Å²) in [5.41, 5.74) is -0.626. The third-order valence-corrected chi connectivity index (χ3v) is 3.01. The van der Waals surface area contributed by atoms with Crippen LogP contribution in [0.4, 0.5) is 18.0 Å². The highest BCUT2D eigenvalue weighted by Gasteiger charge is 2.41. The third-order valence-electron chi connectivity index (χ3n) is 3.01. The first-order valence-corrected chi connectivity index (χ1v) is 5.87. The number of alkyl halides is 3. The first-order valence-electron chi connectivity index (χ1n) is 5.87. The molecule has 110 valence electrons. The van der Waals surface area contributed by atoms with Gasteiger partial charge in [-0.05, 0) is 32.6 Å². The summed E-state index contributed by atoms with van der Waals surface area (Å²) in [4.78, 5) is 22.5. The van der Waals surface area contributed by atoms with Crippen molar-refractivity contribution in [3.63, 3.8) is 0 Å². The lowest BCUT2D eigenvalue weighted by molar-refractivity contribution is -0.149. The van der Waals surface area contributed by atoms with Crippen LogP contribution < -0.4 is 5.32 Å². The number of nitrogens with zero attached hydrogens (tertiary/aromatic N) is 1. The van der Waals surface area contributed by atoms with E-state index in [1.165, 1.54) is 0 Å². The Morgan fingerprint density at radius 2 is 1.84 bits per heavy atom. The fraction of sp³-hybridized carbons (Fsp3) is 0.818. The fourth-order valence-electron chi connectivity index (χ4n) is 1.84. The molecule has 0 saturated heterocycles. The lowest BCUT2D eigenvalue weighted by Crippen LogP contribution is -2.54. The molecule has 5 nitrogen and oxygen atoms in total. The topological polar surface area (TPSA) is 69.6 Å². The van der Waals surface area contributed by atoms with E-state index in [2.05, 4.69) is 5.32 Å². The van der Waals surface area contributed by atoms with Crippen molar-refractivity contribution in [1.29, 1.82) is 0 Å². The molecule has 1 rings (SSSR count). The lowest BCUT2D eigenvalue weighted by Gasteiger charge is -2.30. The zero-order chi connectivity index (χ0) is 14.8. The molecular formula is C11H17F3N2O3. The number of carboxylic acids is 1. The molecule has 8 heteroatoms. The molecular weight excluding hydrogens is 265 g/mol. The maximum absolute atomic E-state index is 12.3. The number of amides is 2. The molecule has 0 bridgehead atoms. The first kappa shape index (κ1) is 15.6. The molecule has 0 unspecified atom stereocenters. The molecule has 0 aromatic rings. The van der Waals surface area contributed by atoms with Crippen LogP contribution in [-0.4, -0.2) is 46.8 Å². The molecule has 0 spiro atoms. The highest BCUT2D eigenvalue weighted by molar-refractivity contribution is 5.80. The number of aliphatic carboxylic acids is 1. The number of hydrogen-bond acceptors (Lipinski definition) is 2. The number of halogens is 3. The Morgan fingerprint density at radius 1 is 1.32 bits per heavy atom. The van der Waals surface area contributed by atoms with E-state index in [0.29, 0.717) is 0 Å². The van der Waals surface area contributed by atoms with Crippen molar-refractivity contribution in [3.05, 3.63) is 0 Å². The van der Waals surface area contributed by atoms with Crippen molar-refractivity contribution in [2.75, 3.05) is 13.1 Å². The predicted molar refractivity (Wildman–Crippen MR) is 60.6 cm³/mol. The van der Waals surface area contributed by atoms with Crippen LogP contribution in [0, 0.1) is 5.92 Å². The van der Waals surface area contributed by atoms with E-state index in [1.807, 2.05) is 0 Å². The second-order valence-electron chi connectivity index (χ2n) is 5.29. The van der Waals surface area contributed by atoms with Crippen LogP contribution in [-0.2, 0) is 4.79 Å². The Balaban J connectivity index is 2.67. The largest absolute Gasteiger partial charge is 0.480 e. The number of carbonyl (C=O) groups excluding carboxylic acids is 1. The van der Waals surface area contributed by atoms with E-state index >= 15 is 0 Å². The monoisotopic (exact) mass is 282 g/mol. The SMILES string of the molecule is CC(C)(NC(=O)N(CC(=O)O)CC(F)(F)F)C1CC1. The highest BCUT2D eigenvalue weighted by Crippen LogP contribution is 2.39. The van der Waals surface area contributed by atoms with Gasteiger partial charge in [-0.3, -0.25) is 4.79 Å². The molecule has 2 N–H and O–H groups in total.